The summed E-state index contributed by atoms with van der Waals surface area (Å²) < 4.78 is 34.5. The Morgan fingerprint density at radius 1 is 1.09 bits per heavy atom. The Morgan fingerprint density at radius 3 is 2.45 bits per heavy atom. The molecule has 12 heteroatoms. The Hall–Kier alpha value is -4.19. The predicted molar refractivity (Wildman–Crippen MR) is 161 cm³/mol. The smallest absolute Gasteiger partial charge is 0.204 e. The Kier molecular flexibility index (Phi) is 6.91. The molecule has 44 heavy (non-hydrogen) atoms. The number of fused-ring (bicyclic) bond motifs is 5. The summed E-state index contributed by atoms with van der Waals surface area (Å²) in [7, 11) is 4.18. The van der Waals surface area contributed by atoms with E-state index in [1.807, 2.05) is 0 Å². The minimum atomic E-state index is -2.45. The molecule has 2 aliphatic carbocycles. The third-order valence-corrected chi connectivity index (χ3v) is 9.20. The van der Waals surface area contributed by atoms with Gasteiger partial charge in [0.05, 0.1) is 43.3 Å². The number of benzene rings is 2. The molecule has 3 atom stereocenters. The Bertz CT molecular complexity index is 1970. The third-order valence-electron chi connectivity index (χ3n) is 8.90. The van der Waals surface area contributed by atoms with Crippen LogP contribution >= 0.6 is 11.6 Å². The number of halogens is 1. The van der Waals surface area contributed by atoms with Gasteiger partial charge in [0.1, 0.15) is 11.1 Å². The first-order valence-corrected chi connectivity index (χ1v) is 14.2. The summed E-state index contributed by atoms with van der Waals surface area (Å²) in [6, 6.07) is 2.98. The number of ether oxygens (including phenoxy) is 5. The number of aliphatic imine (C=N–C) groups is 1. The van der Waals surface area contributed by atoms with Gasteiger partial charge in [-0.3, -0.25) is 14.4 Å². The summed E-state index contributed by atoms with van der Waals surface area (Å²) in [6.07, 6.45) is 0.601. The molecule has 6 rings (SSSR count). The average molecular weight is 624 g/mol. The van der Waals surface area contributed by atoms with Gasteiger partial charge in [-0.2, -0.15) is 0 Å². The van der Waals surface area contributed by atoms with Crippen molar-refractivity contribution in [3.63, 3.8) is 0 Å². The van der Waals surface area contributed by atoms with Crippen molar-refractivity contribution in [2.75, 3.05) is 28.1 Å². The topological polar surface area (TPSA) is 143 Å². The number of methoxy groups -OCH3 is 3. The summed E-state index contributed by atoms with van der Waals surface area (Å²) in [5, 5.41) is 12.9. The zero-order chi connectivity index (χ0) is 31.9. The maximum atomic E-state index is 14.4. The van der Waals surface area contributed by atoms with E-state index in [9.17, 15) is 19.5 Å². The highest BCUT2D eigenvalue weighted by Gasteiger charge is 2.67. The fourth-order valence-electron chi connectivity index (χ4n) is 6.67. The van der Waals surface area contributed by atoms with Gasteiger partial charge in [0.15, 0.2) is 52.5 Å². The van der Waals surface area contributed by atoms with Crippen molar-refractivity contribution in [1.82, 2.24) is 0 Å². The second-order valence-corrected chi connectivity index (χ2v) is 11.6. The summed E-state index contributed by atoms with van der Waals surface area (Å²) in [5.74, 6) is -0.732. The summed E-state index contributed by atoms with van der Waals surface area (Å²) >= 11 is 6.33. The fourth-order valence-corrected chi connectivity index (χ4v) is 6.89. The van der Waals surface area contributed by atoms with Crippen LogP contribution in [0.1, 0.15) is 51.3 Å². The van der Waals surface area contributed by atoms with Gasteiger partial charge in [-0.1, -0.05) is 11.6 Å². The largest absolute Gasteiger partial charge is 0.495 e. The van der Waals surface area contributed by atoms with Gasteiger partial charge >= 0.3 is 0 Å². The maximum Gasteiger partial charge on any atom is 0.204 e. The molecular weight excluding hydrogens is 594 g/mol. The van der Waals surface area contributed by atoms with Gasteiger partial charge in [0, 0.05) is 34.9 Å². The van der Waals surface area contributed by atoms with E-state index in [1.54, 1.807) is 13.8 Å². The highest BCUT2D eigenvalue weighted by atomic mass is 35.5. The van der Waals surface area contributed by atoms with E-state index in [1.165, 1.54) is 53.4 Å². The number of hydrogen-bond donors (Lipinski definition) is 1. The molecular formula is C32H30ClNO10. The monoisotopic (exact) mass is 623 g/mol. The van der Waals surface area contributed by atoms with Crippen LogP contribution in [0.5, 0.6) is 17.2 Å². The normalized spacial score (nSPS) is 25.2. The molecule has 1 aliphatic heterocycles. The van der Waals surface area contributed by atoms with Crippen LogP contribution in [0.4, 0.5) is 0 Å². The first kappa shape index (κ1) is 29.9. The lowest BCUT2D eigenvalue weighted by Gasteiger charge is -2.53. The number of ketones is 2. The third kappa shape index (κ3) is 3.75. The van der Waals surface area contributed by atoms with Crippen LogP contribution in [-0.4, -0.2) is 50.7 Å². The molecule has 3 aliphatic rings. The summed E-state index contributed by atoms with van der Waals surface area (Å²) in [5.41, 5.74) is -3.87. The van der Waals surface area contributed by atoms with E-state index in [4.69, 9.17) is 39.7 Å². The minimum absolute atomic E-state index is 0.00615. The Balaban J connectivity index is 1.73. The van der Waals surface area contributed by atoms with Crippen LogP contribution in [0.15, 0.2) is 49.3 Å². The lowest BCUT2D eigenvalue weighted by Crippen LogP contribution is -2.61. The van der Waals surface area contributed by atoms with E-state index in [0.717, 1.165) is 0 Å². The van der Waals surface area contributed by atoms with Crippen molar-refractivity contribution in [2.24, 2.45) is 10.4 Å². The Labute approximate surface area is 256 Å². The number of aliphatic hydroxyl groups is 1. The van der Waals surface area contributed by atoms with Crippen LogP contribution in [0.2, 0.25) is 5.02 Å². The second kappa shape index (κ2) is 10.2. The molecule has 2 heterocycles. The predicted octanol–water partition coefficient (Wildman–Crippen LogP) is 5.06. The van der Waals surface area contributed by atoms with Crippen molar-refractivity contribution in [1.29, 1.82) is 0 Å². The lowest BCUT2D eigenvalue weighted by molar-refractivity contribution is -0.177. The number of carbonyl (C=O) groups is 2. The van der Waals surface area contributed by atoms with Crippen LogP contribution < -0.4 is 19.6 Å². The molecule has 0 amide bonds. The van der Waals surface area contributed by atoms with Crippen LogP contribution in [-0.2, 0) is 24.7 Å². The second-order valence-electron chi connectivity index (χ2n) is 11.2. The highest BCUT2D eigenvalue weighted by Crippen LogP contribution is 2.64. The number of allylic oxidation sites excluding steroid dienone is 3. The van der Waals surface area contributed by atoms with Gasteiger partial charge in [-0.25, -0.2) is 4.99 Å². The highest BCUT2D eigenvalue weighted by molar-refractivity contribution is 6.33. The first-order chi connectivity index (χ1) is 20.8. The van der Waals surface area contributed by atoms with Gasteiger partial charge in [0.2, 0.25) is 5.43 Å². The number of carbonyl (C=O) groups excluding carboxylic acids is 2. The molecule has 2 aromatic carbocycles. The van der Waals surface area contributed by atoms with Crippen molar-refractivity contribution < 1.29 is 42.8 Å². The van der Waals surface area contributed by atoms with E-state index in [0.29, 0.717) is 11.6 Å². The maximum absolute atomic E-state index is 14.4. The van der Waals surface area contributed by atoms with Crippen LogP contribution in [0, 0.1) is 5.41 Å². The number of Topliss-reactive ketones (excluding diaryl/α,β-unsaturated/α-hetero) is 2. The number of hydrogen-bond acceptors (Lipinski definition) is 11. The molecule has 0 radical (unpaired) electrons. The SMILES string of the molecule is COC(C)=N/C(C)=C\C1=C(C)C(=O)C2(O)c3c4c(c5oc6c(OC)c(Cl)ccc6c(=O)c5c3OC)OCOC4CC2(C)C1=O. The van der Waals surface area contributed by atoms with Gasteiger partial charge < -0.3 is 33.2 Å². The molecule has 0 fully saturated rings. The summed E-state index contributed by atoms with van der Waals surface area (Å²) in [6.45, 7) is 6.09. The average Bonchev–Trinajstić information content (AvgIpc) is 3.00. The minimum Gasteiger partial charge on any atom is -0.495 e. The number of nitrogens with zero attached hydrogens (tertiary/aromatic N) is 1. The molecule has 1 N–H and O–H groups in total. The van der Waals surface area contributed by atoms with E-state index in [2.05, 4.69) is 4.99 Å². The molecule has 11 nitrogen and oxygen atoms in total. The lowest BCUT2D eigenvalue weighted by atomic mass is 9.52. The van der Waals surface area contributed by atoms with E-state index in [-0.39, 0.29) is 79.7 Å². The van der Waals surface area contributed by atoms with Crippen molar-refractivity contribution >= 4 is 51.0 Å². The molecule has 0 saturated heterocycles. The molecule has 0 bridgehead atoms. The van der Waals surface area contributed by atoms with Gasteiger partial charge in [0.25, 0.3) is 0 Å². The molecule has 3 aromatic rings. The van der Waals surface area contributed by atoms with Crippen LogP contribution in [0.3, 0.4) is 0 Å². The van der Waals surface area contributed by atoms with E-state index >= 15 is 0 Å². The Morgan fingerprint density at radius 2 is 1.80 bits per heavy atom. The zero-order valence-electron chi connectivity index (χ0n) is 25.2. The molecule has 1 aromatic heterocycles. The zero-order valence-corrected chi connectivity index (χ0v) is 25.9. The quantitative estimate of drug-likeness (QED) is 0.238. The van der Waals surface area contributed by atoms with Crippen molar-refractivity contribution in [3.05, 3.63) is 61.4 Å². The molecule has 0 spiro atoms. The summed E-state index contributed by atoms with van der Waals surface area (Å²) in [4.78, 5) is 47.2. The number of rotatable bonds is 4. The van der Waals surface area contributed by atoms with Gasteiger partial charge in [-0.05, 0) is 45.4 Å². The van der Waals surface area contributed by atoms with Crippen molar-refractivity contribution in [3.8, 4) is 17.2 Å². The fraction of sp³-hybridized carbons (Fsp3) is 0.375. The van der Waals surface area contributed by atoms with Crippen molar-refractivity contribution in [2.45, 2.75) is 45.8 Å². The molecule has 230 valence electrons. The molecule has 3 unspecified atom stereocenters. The first-order valence-electron chi connectivity index (χ1n) is 13.8. The van der Waals surface area contributed by atoms with E-state index < -0.39 is 34.1 Å². The van der Waals surface area contributed by atoms with Crippen LogP contribution in [0.25, 0.3) is 21.9 Å². The molecule has 0 saturated carbocycles. The standard InChI is InChI=1S/C32H30ClNO10/c1-13(34-15(3)39-5)10-17-14(2)29(36)32(38)22-20-19(11-31(32,4)30(17)37)42-12-43-27(20)28-21(26(22)41-7)23(35)16-8-9-18(33)25(40-6)24(16)44-28/h8-10,19,38H,11-12H2,1-7H3/b13-10-,34-15?. The van der Waals surface area contributed by atoms with Gasteiger partial charge in [-0.15, -0.1) is 0 Å².